The lowest BCUT2D eigenvalue weighted by Crippen LogP contribution is -2.31. The predicted molar refractivity (Wildman–Crippen MR) is 151 cm³/mol. The van der Waals surface area contributed by atoms with Crippen LogP contribution in [0, 0.1) is 5.92 Å². The van der Waals surface area contributed by atoms with Crippen LogP contribution in [-0.2, 0) is 0 Å². The summed E-state index contributed by atoms with van der Waals surface area (Å²) in [6.07, 6.45) is 4.26. The van der Waals surface area contributed by atoms with Gasteiger partial charge in [0.05, 0.1) is 0 Å². The number of ketones is 1. The molecule has 2 aliphatic rings. The summed E-state index contributed by atoms with van der Waals surface area (Å²) in [4.78, 5) is 12.0. The molecule has 2 aliphatic heterocycles. The van der Waals surface area contributed by atoms with Gasteiger partial charge < -0.3 is 10.6 Å². The molecule has 3 aromatic carbocycles. The largest absolute Gasteiger partial charge is 0.317 e. The number of hydrogen-bond acceptors (Lipinski definition) is 3. The van der Waals surface area contributed by atoms with Gasteiger partial charge >= 0.3 is 0 Å². The highest BCUT2D eigenvalue weighted by Gasteiger charge is 2.21. The molecular weight excluding hydrogens is 452 g/mol. The van der Waals surface area contributed by atoms with E-state index in [4.69, 9.17) is 0 Å². The maximum Gasteiger partial charge on any atom is 0.166 e. The Morgan fingerprint density at radius 3 is 1.46 bits per heavy atom. The fourth-order valence-corrected chi connectivity index (χ4v) is 4.69. The predicted octanol–water partition coefficient (Wildman–Crippen LogP) is 6.80. The van der Waals surface area contributed by atoms with E-state index >= 15 is 0 Å². The second-order valence-corrected chi connectivity index (χ2v) is 8.72. The van der Waals surface area contributed by atoms with Crippen molar-refractivity contribution >= 4 is 23.8 Å². The number of carbonyl (C=O) groups is 1. The molecule has 0 bridgehead atoms. The van der Waals surface area contributed by atoms with Crippen LogP contribution >= 0.6 is 12.4 Å². The molecule has 2 saturated heterocycles. The number of piperidine rings is 2. The number of benzene rings is 3. The molecule has 0 spiro atoms. The van der Waals surface area contributed by atoms with E-state index in [9.17, 15) is 4.79 Å². The van der Waals surface area contributed by atoms with Gasteiger partial charge in [-0.25, -0.2) is 0 Å². The topological polar surface area (TPSA) is 41.1 Å². The summed E-state index contributed by atoms with van der Waals surface area (Å²) >= 11 is 0. The minimum atomic E-state index is 0. The van der Waals surface area contributed by atoms with Gasteiger partial charge in [0.15, 0.2) is 5.78 Å². The normalized spacial score (nSPS) is 15.5. The van der Waals surface area contributed by atoms with E-state index in [2.05, 4.69) is 71.3 Å². The lowest BCUT2D eigenvalue weighted by Gasteiger charge is -2.21. The standard InChI is InChI=1S/C18H19N.C12H15NO.CH4.ClH/c1-3-7-15(8-4-1)18(16-9-5-2-6-10-16)17-11-13-19-14-12-17;14-12(10-4-2-1-3-5-10)11-6-8-13-9-7-11;;/h1-10,19H,11-14H2;1-5,11,13H,6-9H2;1H4;1H. The number of carbonyl (C=O) groups excluding carboxylic acids is 1. The first-order chi connectivity index (χ1) is 16.3. The lowest BCUT2D eigenvalue weighted by atomic mass is 9.89. The average Bonchev–Trinajstić information content (AvgIpc) is 2.92. The zero-order chi connectivity index (χ0) is 22.7. The van der Waals surface area contributed by atoms with Gasteiger partial charge in [-0.2, -0.15) is 0 Å². The third-order valence-electron chi connectivity index (χ3n) is 6.45. The molecule has 2 heterocycles. The third-order valence-corrected chi connectivity index (χ3v) is 6.45. The highest BCUT2D eigenvalue weighted by atomic mass is 35.5. The minimum absolute atomic E-state index is 0. The number of halogens is 1. The summed E-state index contributed by atoms with van der Waals surface area (Å²) in [6.45, 7) is 4.14. The monoisotopic (exact) mass is 490 g/mol. The fourth-order valence-electron chi connectivity index (χ4n) is 4.69. The Morgan fingerprint density at radius 2 is 1.00 bits per heavy atom. The third kappa shape index (κ3) is 8.17. The summed E-state index contributed by atoms with van der Waals surface area (Å²) in [7, 11) is 0. The number of Topliss-reactive ketones (excluding diaryl/α,β-unsaturated/α-hetero) is 1. The molecule has 4 heteroatoms. The van der Waals surface area contributed by atoms with Crippen LogP contribution in [0.25, 0.3) is 5.57 Å². The molecule has 0 radical (unpaired) electrons. The summed E-state index contributed by atoms with van der Waals surface area (Å²) in [5.41, 5.74) is 6.55. The Kier molecular flexibility index (Phi) is 12.5. The van der Waals surface area contributed by atoms with Crippen molar-refractivity contribution < 1.29 is 4.79 Å². The first-order valence-corrected chi connectivity index (χ1v) is 12.2. The SMILES string of the molecule is C.Cl.O=C(c1ccccc1)C1CCNCC1.c1ccc(C(=C2CCNCC2)c2ccccc2)cc1. The van der Waals surface area contributed by atoms with Crippen LogP contribution in [0.3, 0.4) is 0 Å². The van der Waals surface area contributed by atoms with Crippen LogP contribution in [0.5, 0.6) is 0 Å². The molecule has 186 valence electrons. The summed E-state index contributed by atoms with van der Waals surface area (Å²) in [5.74, 6) is 0.547. The summed E-state index contributed by atoms with van der Waals surface area (Å²) in [5, 5.41) is 6.71. The van der Waals surface area contributed by atoms with E-state index in [0.717, 1.165) is 57.4 Å². The van der Waals surface area contributed by atoms with E-state index in [0.29, 0.717) is 5.78 Å². The van der Waals surface area contributed by atoms with Crippen LogP contribution in [-0.4, -0.2) is 32.0 Å². The Balaban J connectivity index is 0.000000243. The van der Waals surface area contributed by atoms with Crippen LogP contribution in [0.2, 0.25) is 0 Å². The van der Waals surface area contributed by atoms with Gasteiger partial charge in [0.25, 0.3) is 0 Å². The van der Waals surface area contributed by atoms with E-state index in [-0.39, 0.29) is 25.8 Å². The minimum Gasteiger partial charge on any atom is -0.317 e. The van der Waals surface area contributed by atoms with E-state index in [1.54, 1.807) is 5.57 Å². The van der Waals surface area contributed by atoms with Gasteiger partial charge in [-0.05, 0) is 68.6 Å². The Labute approximate surface area is 217 Å². The van der Waals surface area contributed by atoms with Gasteiger partial charge in [-0.3, -0.25) is 4.79 Å². The quantitative estimate of drug-likeness (QED) is 0.395. The molecular formula is C31H39ClN2O. The van der Waals surface area contributed by atoms with Crippen molar-refractivity contribution in [3.63, 3.8) is 0 Å². The first-order valence-electron chi connectivity index (χ1n) is 12.2. The van der Waals surface area contributed by atoms with Crippen molar-refractivity contribution in [3.8, 4) is 0 Å². The van der Waals surface area contributed by atoms with Crippen molar-refractivity contribution in [2.24, 2.45) is 5.92 Å². The van der Waals surface area contributed by atoms with Crippen LogP contribution in [0.15, 0.2) is 96.6 Å². The molecule has 0 aromatic heterocycles. The van der Waals surface area contributed by atoms with E-state index < -0.39 is 0 Å². The smallest absolute Gasteiger partial charge is 0.166 e. The average molecular weight is 491 g/mol. The van der Waals surface area contributed by atoms with Crippen molar-refractivity contribution in [1.82, 2.24) is 10.6 Å². The molecule has 3 nitrogen and oxygen atoms in total. The molecule has 0 aliphatic carbocycles. The molecule has 0 amide bonds. The summed E-state index contributed by atoms with van der Waals surface area (Å²) < 4.78 is 0. The zero-order valence-corrected chi connectivity index (χ0v) is 20.5. The van der Waals surface area contributed by atoms with Crippen molar-refractivity contribution in [2.75, 3.05) is 26.2 Å². The van der Waals surface area contributed by atoms with Gasteiger partial charge in [-0.1, -0.05) is 104 Å². The van der Waals surface area contributed by atoms with Crippen molar-refractivity contribution in [1.29, 1.82) is 0 Å². The zero-order valence-electron chi connectivity index (χ0n) is 19.7. The van der Waals surface area contributed by atoms with Gasteiger partial charge in [0.2, 0.25) is 0 Å². The molecule has 0 saturated carbocycles. The van der Waals surface area contributed by atoms with E-state index in [1.165, 1.54) is 16.7 Å². The molecule has 2 N–H and O–H groups in total. The van der Waals surface area contributed by atoms with Crippen molar-refractivity contribution in [2.45, 2.75) is 33.1 Å². The second kappa shape index (κ2) is 15.3. The maximum absolute atomic E-state index is 12.0. The van der Waals surface area contributed by atoms with Gasteiger partial charge in [0, 0.05) is 11.5 Å². The lowest BCUT2D eigenvalue weighted by molar-refractivity contribution is 0.0895. The highest BCUT2D eigenvalue weighted by Crippen LogP contribution is 2.30. The van der Waals surface area contributed by atoms with Gasteiger partial charge in [0.1, 0.15) is 0 Å². The molecule has 2 fully saturated rings. The number of rotatable bonds is 4. The summed E-state index contributed by atoms with van der Waals surface area (Å²) in [6, 6.07) is 31.2. The second-order valence-electron chi connectivity index (χ2n) is 8.72. The van der Waals surface area contributed by atoms with Crippen LogP contribution in [0.4, 0.5) is 0 Å². The first kappa shape index (κ1) is 28.5. The van der Waals surface area contributed by atoms with Crippen molar-refractivity contribution in [3.05, 3.63) is 113 Å². The molecule has 5 rings (SSSR count). The van der Waals surface area contributed by atoms with Crippen LogP contribution in [0.1, 0.15) is 54.6 Å². The maximum atomic E-state index is 12.0. The Hall–Kier alpha value is -2.72. The fraction of sp³-hybridized carbons (Fsp3) is 0.323. The molecule has 3 aromatic rings. The van der Waals surface area contributed by atoms with Gasteiger partial charge in [-0.15, -0.1) is 12.4 Å². The van der Waals surface area contributed by atoms with E-state index in [1.807, 2.05) is 30.3 Å². The molecule has 0 unspecified atom stereocenters. The Bertz CT molecular complexity index is 980. The number of nitrogens with one attached hydrogen (secondary N) is 2. The Morgan fingerprint density at radius 1 is 0.600 bits per heavy atom. The molecule has 35 heavy (non-hydrogen) atoms. The van der Waals surface area contributed by atoms with Crippen LogP contribution < -0.4 is 10.6 Å². The number of hydrogen-bond donors (Lipinski definition) is 2. The molecule has 0 atom stereocenters. The highest BCUT2D eigenvalue weighted by molar-refractivity contribution is 5.97.